The summed E-state index contributed by atoms with van der Waals surface area (Å²) in [5, 5.41) is 14.9. The van der Waals surface area contributed by atoms with Crippen LogP contribution in [-0.2, 0) is 19.1 Å². The van der Waals surface area contributed by atoms with Gasteiger partial charge in [0, 0.05) is 18.9 Å². The van der Waals surface area contributed by atoms with Gasteiger partial charge in [0.1, 0.15) is 5.60 Å². The molecule has 0 aliphatic heterocycles. The van der Waals surface area contributed by atoms with Crippen molar-refractivity contribution in [3.63, 3.8) is 0 Å². The third kappa shape index (κ3) is 7.58. The van der Waals surface area contributed by atoms with Crippen molar-refractivity contribution in [2.24, 2.45) is 0 Å². The molecule has 0 fully saturated rings. The molecule has 154 valence electrons. The molecule has 0 bridgehead atoms. The number of carbonyl (C=O) groups excluding carboxylic acids is 2. The quantitative estimate of drug-likeness (QED) is 0.621. The molecule has 0 aromatic heterocycles. The topological polar surface area (TPSA) is 114 Å². The number of hydrogen-bond donors (Lipinski definition) is 3. The summed E-state index contributed by atoms with van der Waals surface area (Å²) < 4.78 is 11.3. The number of aliphatic carboxylic acids is 1. The second-order valence-electron chi connectivity index (χ2n) is 7.72. The summed E-state index contributed by atoms with van der Waals surface area (Å²) in [5.41, 5.74) is -0.562. The smallest absolute Gasteiger partial charge is 0.407 e. The van der Waals surface area contributed by atoms with Crippen LogP contribution in [-0.4, -0.2) is 53.0 Å². The lowest BCUT2D eigenvalue weighted by Crippen LogP contribution is -2.60. The van der Waals surface area contributed by atoms with Gasteiger partial charge in [-0.3, -0.25) is 4.79 Å². The van der Waals surface area contributed by atoms with Crippen LogP contribution in [0.4, 0.5) is 4.79 Å². The fraction of sp³-hybridized carbons (Fsp3) is 0.737. The summed E-state index contributed by atoms with van der Waals surface area (Å²) in [6.45, 7) is 10.5. The largest absolute Gasteiger partial charge is 0.478 e. The monoisotopic (exact) mass is 384 g/mol. The average molecular weight is 384 g/mol. The number of ether oxygens (including phenoxy) is 2. The van der Waals surface area contributed by atoms with Gasteiger partial charge in [0.25, 0.3) is 0 Å². The molecule has 0 aromatic carbocycles. The first-order valence-electron chi connectivity index (χ1n) is 9.32. The highest BCUT2D eigenvalue weighted by Gasteiger charge is 2.38. The van der Waals surface area contributed by atoms with Crippen molar-refractivity contribution in [3.05, 3.63) is 11.6 Å². The van der Waals surface area contributed by atoms with Gasteiger partial charge in [0.15, 0.2) is 0 Å². The normalized spacial score (nSPS) is 22.8. The van der Waals surface area contributed by atoms with Gasteiger partial charge in [0.2, 0.25) is 5.91 Å². The molecular formula is C19H32N2O6. The summed E-state index contributed by atoms with van der Waals surface area (Å²) in [7, 11) is 0. The lowest BCUT2D eigenvalue weighted by Gasteiger charge is -2.38. The first kappa shape index (κ1) is 23.0. The molecule has 0 saturated heterocycles. The number of carboxylic acid groups (broad SMARTS) is 1. The summed E-state index contributed by atoms with van der Waals surface area (Å²) in [5.74, 6) is -1.37. The zero-order valence-electron chi connectivity index (χ0n) is 17.0. The molecule has 1 aliphatic rings. The van der Waals surface area contributed by atoms with E-state index in [1.807, 2.05) is 13.8 Å². The van der Waals surface area contributed by atoms with Crippen LogP contribution in [0.3, 0.4) is 0 Å². The first-order chi connectivity index (χ1) is 12.5. The Bertz CT molecular complexity index is 577. The Morgan fingerprint density at radius 1 is 1.22 bits per heavy atom. The highest BCUT2D eigenvalue weighted by atomic mass is 16.6. The molecule has 3 atom stereocenters. The van der Waals surface area contributed by atoms with E-state index in [0.29, 0.717) is 0 Å². The van der Waals surface area contributed by atoms with Gasteiger partial charge in [0.05, 0.1) is 24.3 Å². The van der Waals surface area contributed by atoms with Crippen molar-refractivity contribution in [1.29, 1.82) is 0 Å². The fourth-order valence-corrected chi connectivity index (χ4v) is 2.97. The Morgan fingerprint density at radius 3 is 2.26 bits per heavy atom. The highest BCUT2D eigenvalue weighted by molar-refractivity contribution is 5.87. The maximum absolute atomic E-state index is 12.2. The van der Waals surface area contributed by atoms with Crippen molar-refractivity contribution in [1.82, 2.24) is 10.6 Å². The third-order valence-corrected chi connectivity index (χ3v) is 4.20. The number of carboxylic acids is 1. The van der Waals surface area contributed by atoms with Crippen LogP contribution < -0.4 is 10.6 Å². The highest BCUT2D eigenvalue weighted by Crippen LogP contribution is 2.25. The molecule has 1 rings (SSSR count). The van der Waals surface area contributed by atoms with E-state index in [9.17, 15) is 19.5 Å². The minimum absolute atomic E-state index is 0.0578. The van der Waals surface area contributed by atoms with Gasteiger partial charge in [-0.25, -0.2) is 9.59 Å². The molecule has 27 heavy (non-hydrogen) atoms. The Labute approximate surface area is 160 Å². The van der Waals surface area contributed by atoms with Crippen LogP contribution in [0.1, 0.15) is 60.8 Å². The molecule has 8 nitrogen and oxygen atoms in total. The van der Waals surface area contributed by atoms with E-state index < -0.39 is 35.9 Å². The van der Waals surface area contributed by atoms with E-state index in [2.05, 4.69) is 10.6 Å². The van der Waals surface area contributed by atoms with Crippen molar-refractivity contribution in [3.8, 4) is 0 Å². The zero-order chi connectivity index (χ0) is 20.8. The summed E-state index contributed by atoms with van der Waals surface area (Å²) >= 11 is 0. The molecule has 2 amide bonds. The van der Waals surface area contributed by atoms with Gasteiger partial charge >= 0.3 is 12.1 Å². The van der Waals surface area contributed by atoms with Crippen LogP contribution in [0.5, 0.6) is 0 Å². The number of carbonyl (C=O) groups is 3. The second-order valence-corrected chi connectivity index (χ2v) is 7.72. The Hall–Kier alpha value is -2.09. The van der Waals surface area contributed by atoms with E-state index >= 15 is 0 Å². The average Bonchev–Trinajstić information content (AvgIpc) is 2.52. The SMILES string of the molecule is CCC(CC)OC1C=C(C(=O)O)CC(NC(=O)OC(C)(C)C)C1NC(C)=O. The Balaban J connectivity index is 3.13. The summed E-state index contributed by atoms with van der Waals surface area (Å²) in [6, 6.07) is -1.27. The zero-order valence-corrected chi connectivity index (χ0v) is 17.0. The van der Waals surface area contributed by atoms with E-state index in [4.69, 9.17) is 9.47 Å². The predicted molar refractivity (Wildman–Crippen MR) is 100 cm³/mol. The maximum atomic E-state index is 12.2. The molecule has 0 saturated carbocycles. The molecular weight excluding hydrogens is 352 g/mol. The van der Waals surface area contributed by atoms with Crippen molar-refractivity contribution >= 4 is 18.0 Å². The minimum Gasteiger partial charge on any atom is -0.478 e. The predicted octanol–water partition coefficient (Wildman–Crippen LogP) is 2.37. The van der Waals surface area contributed by atoms with E-state index in [1.54, 1.807) is 20.8 Å². The number of alkyl carbamates (subject to hydrolysis) is 1. The van der Waals surface area contributed by atoms with Crippen LogP contribution in [0.15, 0.2) is 11.6 Å². The number of amides is 2. The molecule has 3 unspecified atom stereocenters. The van der Waals surface area contributed by atoms with Crippen molar-refractivity contribution in [2.75, 3.05) is 0 Å². The lowest BCUT2D eigenvalue weighted by molar-refractivity contribution is -0.133. The van der Waals surface area contributed by atoms with Crippen LogP contribution in [0, 0.1) is 0 Å². The molecule has 0 radical (unpaired) electrons. The number of nitrogens with one attached hydrogen (secondary N) is 2. The van der Waals surface area contributed by atoms with Gasteiger partial charge in [-0.2, -0.15) is 0 Å². The third-order valence-electron chi connectivity index (χ3n) is 4.20. The minimum atomic E-state index is -1.08. The molecule has 8 heteroatoms. The first-order valence-corrected chi connectivity index (χ1v) is 9.32. The Kier molecular flexibility index (Phi) is 8.27. The van der Waals surface area contributed by atoms with E-state index in [1.165, 1.54) is 13.0 Å². The molecule has 0 aromatic rings. The molecule has 0 heterocycles. The maximum Gasteiger partial charge on any atom is 0.407 e. The van der Waals surface area contributed by atoms with Gasteiger partial charge in [-0.05, 0) is 39.7 Å². The number of hydrogen-bond acceptors (Lipinski definition) is 5. The lowest BCUT2D eigenvalue weighted by atomic mass is 9.87. The number of rotatable bonds is 7. The van der Waals surface area contributed by atoms with Gasteiger partial charge in [-0.15, -0.1) is 0 Å². The van der Waals surface area contributed by atoms with Crippen molar-refractivity contribution in [2.45, 2.75) is 90.7 Å². The molecule has 0 spiro atoms. The van der Waals surface area contributed by atoms with Crippen molar-refractivity contribution < 1.29 is 29.0 Å². The summed E-state index contributed by atoms with van der Waals surface area (Å²) in [4.78, 5) is 35.5. The van der Waals surface area contributed by atoms with E-state index in [-0.39, 0.29) is 24.0 Å². The second kappa shape index (κ2) is 9.73. The van der Waals surface area contributed by atoms with Gasteiger partial charge < -0.3 is 25.2 Å². The van der Waals surface area contributed by atoms with Gasteiger partial charge in [-0.1, -0.05) is 13.8 Å². The summed E-state index contributed by atoms with van der Waals surface area (Å²) in [6.07, 6.45) is 1.66. The molecule has 1 aliphatic carbocycles. The standard InChI is InChI=1S/C19H32N2O6/c1-7-13(8-2)26-15-10-12(17(23)24)9-14(16(15)20-11(3)22)21-18(25)27-19(4,5)6/h10,13-16H,7-9H2,1-6H3,(H,20,22)(H,21,25)(H,23,24). The van der Waals surface area contributed by atoms with Crippen LogP contribution in [0.2, 0.25) is 0 Å². The molecule has 3 N–H and O–H groups in total. The van der Waals surface area contributed by atoms with Crippen LogP contribution in [0.25, 0.3) is 0 Å². The van der Waals surface area contributed by atoms with E-state index in [0.717, 1.165) is 12.8 Å². The Morgan fingerprint density at radius 2 is 1.81 bits per heavy atom. The van der Waals surface area contributed by atoms with Crippen LogP contribution >= 0.6 is 0 Å². The fourth-order valence-electron chi connectivity index (χ4n) is 2.97.